The number of nitrogens with two attached hydrogens (primary N) is 1. The molecule has 19 heavy (non-hydrogen) atoms. The van der Waals surface area contributed by atoms with Gasteiger partial charge in [-0.2, -0.15) is 0 Å². The Kier molecular flexibility index (Phi) is 3.14. The van der Waals surface area contributed by atoms with Crippen molar-refractivity contribution in [3.63, 3.8) is 0 Å². The molecule has 2 rings (SSSR count). The van der Waals surface area contributed by atoms with Crippen LogP contribution >= 0.6 is 0 Å². The number of primary sulfonamides is 1. The molecule has 1 atom stereocenters. The van der Waals surface area contributed by atoms with Crippen molar-refractivity contribution in [3.8, 4) is 0 Å². The van der Waals surface area contributed by atoms with Crippen LogP contribution in [0.4, 0.5) is 4.39 Å². The fourth-order valence-corrected chi connectivity index (χ4v) is 2.33. The van der Waals surface area contributed by atoms with Gasteiger partial charge in [0.2, 0.25) is 10.0 Å². The van der Waals surface area contributed by atoms with Crippen LogP contribution in [-0.2, 0) is 10.0 Å². The van der Waals surface area contributed by atoms with E-state index in [1.165, 1.54) is 0 Å². The Hall–Kier alpha value is -1.47. The second-order valence-electron chi connectivity index (χ2n) is 5.41. The van der Waals surface area contributed by atoms with Gasteiger partial charge in [-0.3, -0.25) is 4.79 Å². The number of halogens is 1. The van der Waals surface area contributed by atoms with Gasteiger partial charge in [0.1, 0.15) is 5.82 Å². The highest BCUT2D eigenvalue weighted by molar-refractivity contribution is 7.89. The van der Waals surface area contributed by atoms with Crippen LogP contribution in [0.1, 0.15) is 30.6 Å². The Morgan fingerprint density at radius 1 is 1.47 bits per heavy atom. The molecule has 1 amide bonds. The van der Waals surface area contributed by atoms with Gasteiger partial charge in [0.05, 0.1) is 10.5 Å². The van der Waals surface area contributed by atoms with Gasteiger partial charge in [0.25, 0.3) is 5.91 Å². The zero-order chi connectivity index (χ0) is 14.4. The molecule has 0 aliphatic heterocycles. The average molecular weight is 286 g/mol. The lowest BCUT2D eigenvalue weighted by Crippen LogP contribution is -2.29. The fourth-order valence-electron chi connectivity index (χ4n) is 1.81. The van der Waals surface area contributed by atoms with Crippen molar-refractivity contribution >= 4 is 15.9 Å². The fraction of sp³-hybridized carbons (Fsp3) is 0.417. The van der Waals surface area contributed by atoms with Gasteiger partial charge in [-0.1, -0.05) is 13.8 Å². The van der Waals surface area contributed by atoms with Crippen LogP contribution < -0.4 is 10.5 Å². The molecule has 1 aromatic carbocycles. The Balaban J connectivity index is 2.20. The number of hydrogen-bond donors (Lipinski definition) is 2. The Morgan fingerprint density at radius 2 is 2.05 bits per heavy atom. The predicted molar refractivity (Wildman–Crippen MR) is 67.4 cm³/mol. The molecule has 0 bridgehead atoms. The summed E-state index contributed by atoms with van der Waals surface area (Å²) in [4.78, 5) is 11.5. The van der Waals surface area contributed by atoms with Crippen molar-refractivity contribution in [1.82, 2.24) is 5.32 Å². The first-order valence-electron chi connectivity index (χ1n) is 5.74. The number of rotatable bonds is 3. The van der Waals surface area contributed by atoms with E-state index in [4.69, 9.17) is 5.14 Å². The minimum Gasteiger partial charge on any atom is -0.349 e. The predicted octanol–water partition coefficient (Wildman–Crippen LogP) is 1.00. The lowest BCUT2D eigenvalue weighted by molar-refractivity contribution is 0.0942. The van der Waals surface area contributed by atoms with Gasteiger partial charge in [0.15, 0.2) is 0 Å². The summed E-state index contributed by atoms with van der Waals surface area (Å²) in [5.41, 5.74) is -0.151. The van der Waals surface area contributed by atoms with Crippen LogP contribution in [0.25, 0.3) is 0 Å². The molecule has 1 aromatic rings. The highest BCUT2D eigenvalue weighted by atomic mass is 32.2. The smallest absolute Gasteiger partial charge is 0.254 e. The quantitative estimate of drug-likeness (QED) is 0.868. The molecule has 0 radical (unpaired) electrons. The average Bonchev–Trinajstić information content (AvgIpc) is 2.84. The SMILES string of the molecule is CC1(C)CC1NC(=O)c1ccc(S(N)(=O)=O)cc1F. The number of nitrogens with one attached hydrogen (secondary N) is 1. The highest BCUT2D eigenvalue weighted by Gasteiger charge is 2.46. The summed E-state index contributed by atoms with van der Waals surface area (Å²) in [6.45, 7) is 4.00. The third-order valence-corrected chi connectivity index (χ3v) is 4.24. The zero-order valence-corrected chi connectivity index (χ0v) is 11.4. The van der Waals surface area contributed by atoms with Crippen LogP contribution in [0.2, 0.25) is 0 Å². The monoisotopic (exact) mass is 286 g/mol. The van der Waals surface area contributed by atoms with Gasteiger partial charge in [0, 0.05) is 6.04 Å². The normalized spacial score (nSPS) is 20.9. The van der Waals surface area contributed by atoms with Crippen LogP contribution in [0.15, 0.2) is 23.1 Å². The minimum atomic E-state index is -3.97. The molecular weight excluding hydrogens is 271 g/mol. The maximum Gasteiger partial charge on any atom is 0.254 e. The standard InChI is InChI=1S/C12H15FN2O3S/c1-12(2)6-10(12)15-11(16)8-4-3-7(5-9(8)13)19(14,17)18/h3-5,10H,6H2,1-2H3,(H,15,16)(H2,14,17,18). The van der Waals surface area contributed by atoms with Crippen LogP contribution in [-0.4, -0.2) is 20.4 Å². The van der Waals surface area contributed by atoms with Crippen molar-refractivity contribution in [2.75, 3.05) is 0 Å². The zero-order valence-electron chi connectivity index (χ0n) is 10.6. The second kappa shape index (κ2) is 4.28. The van der Waals surface area contributed by atoms with E-state index in [-0.39, 0.29) is 21.9 Å². The van der Waals surface area contributed by atoms with Gasteiger partial charge < -0.3 is 5.32 Å². The molecular formula is C12H15FN2O3S. The molecule has 104 valence electrons. The van der Waals surface area contributed by atoms with Crippen molar-refractivity contribution in [1.29, 1.82) is 0 Å². The van der Waals surface area contributed by atoms with E-state index in [0.717, 1.165) is 24.6 Å². The summed E-state index contributed by atoms with van der Waals surface area (Å²) in [6, 6.07) is 3.02. The summed E-state index contributed by atoms with van der Waals surface area (Å²) in [7, 11) is -3.97. The number of carbonyl (C=O) groups is 1. The second-order valence-corrected chi connectivity index (χ2v) is 6.97. The van der Waals surface area contributed by atoms with Gasteiger partial charge in [-0.15, -0.1) is 0 Å². The molecule has 5 nitrogen and oxygen atoms in total. The summed E-state index contributed by atoms with van der Waals surface area (Å²) in [5.74, 6) is -1.45. The molecule has 0 spiro atoms. The first kappa shape index (κ1) is 14.0. The van der Waals surface area contributed by atoms with E-state index in [2.05, 4.69) is 5.32 Å². The third-order valence-electron chi connectivity index (χ3n) is 3.33. The van der Waals surface area contributed by atoms with Crippen LogP contribution in [0, 0.1) is 11.2 Å². The van der Waals surface area contributed by atoms with Crippen molar-refractivity contribution < 1.29 is 17.6 Å². The first-order chi connectivity index (χ1) is 8.61. The van der Waals surface area contributed by atoms with Crippen molar-refractivity contribution in [3.05, 3.63) is 29.6 Å². The molecule has 1 saturated carbocycles. The third kappa shape index (κ3) is 2.93. The number of amides is 1. The maximum atomic E-state index is 13.7. The van der Waals surface area contributed by atoms with Crippen molar-refractivity contribution in [2.45, 2.75) is 31.2 Å². The Bertz CT molecular complexity index is 640. The first-order valence-corrected chi connectivity index (χ1v) is 7.29. The van der Waals surface area contributed by atoms with E-state index in [0.29, 0.717) is 0 Å². The van der Waals surface area contributed by atoms with E-state index < -0.39 is 21.7 Å². The van der Waals surface area contributed by atoms with E-state index in [9.17, 15) is 17.6 Å². The molecule has 1 aliphatic carbocycles. The van der Waals surface area contributed by atoms with E-state index in [1.807, 2.05) is 13.8 Å². The number of carbonyl (C=O) groups excluding carboxylic acids is 1. The van der Waals surface area contributed by atoms with Gasteiger partial charge >= 0.3 is 0 Å². The van der Waals surface area contributed by atoms with Crippen molar-refractivity contribution in [2.24, 2.45) is 10.6 Å². The lowest BCUT2D eigenvalue weighted by atomic mass is 10.1. The van der Waals surface area contributed by atoms with Gasteiger partial charge in [-0.05, 0) is 30.0 Å². The van der Waals surface area contributed by atoms with E-state index >= 15 is 0 Å². The lowest BCUT2D eigenvalue weighted by Gasteiger charge is -2.08. The topological polar surface area (TPSA) is 89.3 Å². The Labute approximate surface area is 111 Å². The molecule has 0 saturated heterocycles. The largest absolute Gasteiger partial charge is 0.349 e. The van der Waals surface area contributed by atoms with Crippen LogP contribution in [0.3, 0.4) is 0 Å². The molecule has 1 unspecified atom stereocenters. The summed E-state index contributed by atoms with van der Waals surface area (Å²) < 4.78 is 35.8. The van der Waals surface area contributed by atoms with E-state index in [1.54, 1.807) is 0 Å². The highest BCUT2D eigenvalue weighted by Crippen LogP contribution is 2.44. The summed E-state index contributed by atoms with van der Waals surface area (Å²) >= 11 is 0. The molecule has 0 aromatic heterocycles. The van der Waals surface area contributed by atoms with Crippen LogP contribution in [0.5, 0.6) is 0 Å². The molecule has 0 heterocycles. The molecule has 1 aliphatic rings. The Morgan fingerprint density at radius 3 is 2.47 bits per heavy atom. The molecule has 7 heteroatoms. The summed E-state index contributed by atoms with van der Waals surface area (Å²) in [5, 5.41) is 7.58. The molecule has 1 fully saturated rings. The summed E-state index contributed by atoms with van der Waals surface area (Å²) in [6.07, 6.45) is 0.843. The molecule has 3 N–H and O–H groups in total. The van der Waals surface area contributed by atoms with Gasteiger partial charge in [-0.25, -0.2) is 17.9 Å². The maximum absolute atomic E-state index is 13.7. The number of hydrogen-bond acceptors (Lipinski definition) is 3. The number of benzene rings is 1. The number of sulfonamides is 1. The minimum absolute atomic E-state index is 0.0253.